The standard InChI is InChI=1S/C25H22N8O2/c1-31(2)18-9-10-21-20(13-18)28-15-33(21)12-11-19-22(32(3)4)14-27-25(29-19)30-24(35)17-7-5-16(6-8-17)23(26)34/h5-10,13-15H,1-4H3,(H-,26,34)/p+2. The van der Waals surface area contributed by atoms with Crippen molar-refractivity contribution in [2.24, 2.45) is 5.73 Å². The number of rotatable bonds is 5. The lowest BCUT2D eigenvalue weighted by atomic mass is 10.1. The van der Waals surface area contributed by atoms with E-state index >= 15 is 0 Å². The van der Waals surface area contributed by atoms with Crippen molar-refractivity contribution >= 4 is 35.5 Å². The van der Waals surface area contributed by atoms with Crippen molar-refractivity contribution in [3.63, 3.8) is 0 Å². The largest absolute Gasteiger partial charge is 0.537 e. The maximum absolute atomic E-state index is 12.6. The number of fused-ring (bicyclic) bond motifs is 1. The third kappa shape index (κ3) is 5.00. The van der Waals surface area contributed by atoms with Gasteiger partial charge < -0.3 is 15.5 Å². The van der Waals surface area contributed by atoms with Crippen molar-refractivity contribution in [3.05, 3.63) is 76.2 Å². The lowest BCUT2D eigenvalue weighted by Gasteiger charge is -2.14. The summed E-state index contributed by atoms with van der Waals surface area (Å²) in [5.41, 5.74) is 8.08. The summed E-state index contributed by atoms with van der Waals surface area (Å²) in [6.07, 6.45) is 3.25. The Morgan fingerprint density at radius 1 is 1.03 bits per heavy atom. The van der Waals surface area contributed by atoms with E-state index in [1.165, 1.54) is 24.3 Å². The topological polar surface area (TPSA) is 122 Å². The van der Waals surface area contributed by atoms with E-state index in [2.05, 4.69) is 31.9 Å². The van der Waals surface area contributed by atoms with Crippen LogP contribution in [0, 0.1) is 12.0 Å². The molecule has 35 heavy (non-hydrogen) atoms. The third-order valence-corrected chi connectivity index (χ3v) is 5.25. The number of hydrogen-bond donors (Lipinski definition) is 2. The fourth-order valence-electron chi connectivity index (χ4n) is 3.30. The zero-order valence-corrected chi connectivity index (χ0v) is 19.8. The van der Waals surface area contributed by atoms with E-state index in [9.17, 15) is 9.59 Å². The van der Waals surface area contributed by atoms with Gasteiger partial charge in [-0.1, -0.05) is 0 Å². The molecule has 0 aliphatic carbocycles. The summed E-state index contributed by atoms with van der Waals surface area (Å²) in [6, 6.07) is 15.0. The van der Waals surface area contributed by atoms with Crippen LogP contribution in [0.15, 0.2) is 48.7 Å². The molecule has 2 heterocycles. The van der Waals surface area contributed by atoms with Crippen LogP contribution in [-0.2, 0) is 0 Å². The number of amides is 2. The maximum Gasteiger partial charge on any atom is 0.537 e. The number of benzene rings is 2. The molecule has 0 bridgehead atoms. The molecule has 1 aliphatic rings. The number of nitrogens with one attached hydrogen (secondary N) is 1. The van der Waals surface area contributed by atoms with Gasteiger partial charge in [-0.15, -0.1) is 0 Å². The van der Waals surface area contributed by atoms with E-state index in [0.717, 1.165) is 16.4 Å². The molecule has 0 fully saturated rings. The SMILES string of the molecule is CN(C)c1ccc2c(c1)=[N+]=C[N+]=2C#Cc1nc(NC(=O)c2ccc(C(N)=O)cc2)ncc1N(C)C. The molecule has 4 rings (SSSR count). The highest BCUT2D eigenvalue weighted by Gasteiger charge is 2.20. The Morgan fingerprint density at radius 3 is 2.40 bits per heavy atom. The molecule has 2 amide bonds. The lowest BCUT2D eigenvalue weighted by molar-refractivity contribution is 0.0995. The fourth-order valence-corrected chi connectivity index (χ4v) is 3.30. The predicted octanol–water partition coefficient (Wildman–Crippen LogP) is -0.811. The summed E-state index contributed by atoms with van der Waals surface area (Å²) in [5, 5.41) is 4.37. The zero-order chi connectivity index (χ0) is 25.1. The van der Waals surface area contributed by atoms with Crippen LogP contribution in [-0.4, -0.2) is 56.3 Å². The molecule has 1 aliphatic heterocycles. The van der Waals surface area contributed by atoms with Crippen LogP contribution >= 0.6 is 0 Å². The van der Waals surface area contributed by atoms with Gasteiger partial charge in [0.05, 0.1) is 18.0 Å². The molecule has 0 atom stereocenters. The van der Waals surface area contributed by atoms with Crippen LogP contribution in [0.4, 0.5) is 17.3 Å². The minimum Gasteiger partial charge on any atom is -0.377 e. The van der Waals surface area contributed by atoms with E-state index in [1.54, 1.807) is 17.1 Å². The molecule has 0 radical (unpaired) electrons. The van der Waals surface area contributed by atoms with Crippen molar-refractivity contribution in [3.8, 4) is 12.0 Å². The Morgan fingerprint density at radius 2 is 1.74 bits per heavy atom. The average Bonchev–Trinajstić information content (AvgIpc) is 3.25. The van der Waals surface area contributed by atoms with Crippen molar-refractivity contribution in [2.45, 2.75) is 0 Å². The summed E-state index contributed by atoms with van der Waals surface area (Å²) in [7, 11) is 7.67. The van der Waals surface area contributed by atoms with Gasteiger partial charge in [-0.25, -0.2) is 9.97 Å². The molecule has 3 N–H and O–H groups in total. The van der Waals surface area contributed by atoms with Crippen molar-refractivity contribution in [2.75, 3.05) is 43.3 Å². The number of carbonyl (C=O) groups excluding carboxylic acids is 2. The number of primary amides is 1. The molecular formula is C25H24N8O2+2. The molecule has 10 heteroatoms. The monoisotopic (exact) mass is 468 g/mol. The van der Waals surface area contributed by atoms with Gasteiger partial charge in [0.25, 0.3) is 5.91 Å². The van der Waals surface area contributed by atoms with Gasteiger partial charge in [0.2, 0.25) is 17.9 Å². The summed E-state index contributed by atoms with van der Waals surface area (Å²) in [5.74, 6) is 2.19. The predicted molar refractivity (Wildman–Crippen MR) is 135 cm³/mol. The highest BCUT2D eigenvalue weighted by Crippen LogP contribution is 2.16. The molecule has 0 saturated heterocycles. The van der Waals surface area contributed by atoms with E-state index in [0.29, 0.717) is 22.5 Å². The van der Waals surface area contributed by atoms with Gasteiger partial charge in [0, 0.05) is 57.0 Å². The fraction of sp³-hybridized carbons (Fsp3) is 0.160. The van der Waals surface area contributed by atoms with Crippen LogP contribution in [0.3, 0.4) is 0 Å². The molecule has 0 saturated carbocycles. The van der Waals surface area contributed by atoms with Gasteiger partial charge in [-0.05, 0) is 39.6 Å². The van der Waals surface area contributed by atoms with Gasteiger partial charge in [0.15, 0.2) is 0 Å². The molecule has 174 valence electrons. The highest BCUT2D eigenvalue weighted by molar-refractivity contribution is 6.04. The van der Waals surface area contributed by atoms with Crippen LogP contribution in [0.1, 0.15) is 26.4 Å². The Kier molecular flexibility index (Phi) is 6.27. The van der Waals surface area contributed by atoms with Gasteiger partial charge in [-0.3, -0.25) is 14.9 Å². The maximum atomic E-state index is 12.6. The number of carbonyl (C=O) groups is 2. The molecule has 0 unspecified atom stereocenters. The van der Waals surface area contributed by atoms with Crippen LogP contribution < -0.4 is 40.8 Å². The quantitative estimate of drug-likeness (QED) is 0.287. The minimum absolute atomic E-state index is 0.106. The van der Waals surface area contributed by atoms with E-state index < -0.39 is 11.8 Å². The summed E-state index contributed by atoms with van der Waals surface area (Å²) >= 11 is 0. The Hall–Kier alpha value is -5.00. The molecule has 10 nitrogen and oxygen atoms in total. The highest BCUT2D eigenvalue weighted by atomic mass is 16.2. The second kappa shape index (κ2) is 9.47. The Balaban J connectivity index is 1.64. The second-order valence-corrected chi connectivity index (χ2v) is 8.14. The number of aromatic nitrogens is 2. The summed E-state index contributed by atoms with van der Waals surface area (Å²) < 4.78 is 6.17. The molecule has 0 spiro atoms. The van der Waals surface area contributed by atoms with Gasteiger partial charge in [-0.2, -0.15) is 0 Å². The molecular weight excluding hydrogens is 444 g/mol. The van der Waals surface area contributed by atoms with Gasteiger partial charge in [0.1, 0.15) is 5.69 Å². The van der Waals surface area contributed by atoms with Crippen molar-refractivity contribution < 1.29 is 9.59 Å². The minimum atomic E-state index is -0.563. The molecule has 3 aromatic rings. The third-order valence-electron chi connectivity index (χ3n) is 5.25. The molecule has 1 aromatic heterocycles. The van der Waals surface area contributed by atoms with Crippen LogP contribution in [0.5, 0.6) is 0 Å². The van der Waals surface area contributed by atoms with Crippen molar-refractivity contribution in [1.82, 2.24) is 19.2 Å². The van der Waals surface area contributed by atoms with Gasteiger partial charge >= 0.3 is 17.1 Å². The number of hydrogen-bond acceptors (Lipinski definition) is 6. The number of anilines is 3. The molecule has 2 aromatic carbocycles. The first-order valence-electron chi connectivity index (χ1n) is 10.6. The first-order chi connectivity index (χ1) is 16.7. The van der Waals surface area contributed by atoms with Crippen molar-refractivity contribution in [1.29, 1.82) is 0 Å². The summed E-state index contributed by atoms with van der Waals surface area (Å²) in [6.45, 7) is 0. The Bertz CT molecular complexity index is 1560. The number of nitrogens with zero attached hydrogens (tertiary/aromatic N) is 6. The second-order valence-electron chi connectivity index (χ2n) is 8.14. The average molecular weight is 469 g/mol. The lowest BCUT2D eigenvalue weighted by Crippen LogP contribution is -2.33. The van der Waals surface area contributed by atoms with E-state index in [1.807, 2.05) is 56.2 Å². The van der Waals surface area contributed by atoms with E-state index in [-0.39, 0.29) is 5.95 Å². The van der Waals surface area contributed by atoms with Crippen LogP contribution in [0.25, 0.3) is 0 Å². The Labute approximate surface area is 201 Å². The first-order valence-corrected chi connectivity index (χ1v) is 10.6. The normalized spacial score (nSPS) is 11.1. The smallest absolute Gasteiger partial charge is 0.377 e. The number of nitrogens with two attached hydrogens (primary N) is 1. The summed E-state index contributed by atoms with van der Waals surface area (Å²) in [4.78, 5) is 36.4. The van der Waals surface area contributed by atoms with E-state index in [4.69, 9.17) is 5.73 Å². The first kappa shape index (κ1) is 23.2. The zero-order valence-electron chi connectivity index (χ0n) is 19.8. The van der Waals surface area contributed by atoms with Crippen LogP contribution in [0.2, 0.25) is 0 Å².